The van der Waals surface area contributed by atoms with E-state index in [1.54, 1.807) is 22.2 Å². The van der Waals surface area contributed by atoms with Gasteiger partial charge in [0.25, 0.3) is 5.91 Å². The first kappa shape index (κ1) is 16.6. The number of benzene rings is 1. The predicted octanol–water partition coefficient (Wildman–Crippen LogP) is 2.98. The Morgan fingerprint density at radius 2 is 2.12 bits per heavy atom. The lowest BCUT2D eigenvalue weighted by molar-refractivity contribution is 0.0945. The van der Waals surface area contributed by atoms with Crippen molar-refractivity contribution in [2.24, 2.45) is 0 Å². The minimum atomic E-state index is -0.272. The SMILES string of the molecule is Cc1nc(CNC(=O)c2cn(Cc3ccccc3Cl)nn2)sc1C. The molecule has 0 aliphatic heterocycles. The van der Waals surface area contributed by atoms with Gasteiger partial charge in [-0.2, -0.15) is 0 Å². The van der Waals surface area contributed by atoms with Crippen LogP contribution in [-0.4, -0.2) is 25.9 Å². The van der Waals surface area contributed by atoms with Gasteiger partial charge >= 0.3 is 0 Å². The highest BCUT2D eigenvalue weighted by Gasteiger charge is 2.12. The lowest BCUT2D eigenvalue weighted by atomic mass is 10.2. The molecular formula is C16H16ClN5OS. The van der Waals surface area contributed by atoms with Gasteiger partial charge in [-0.05, 0) is 25.5 Å². The van der Waals surface area contributed by atoms with E-state index in [0.29, 0.717) is 18.1 Å². The van der Waals surface area contributed by atoms with E-state index >= 15 is 0 Å². The molecule has 0 spiro atoms. The van der Waals surface area contributed by atoms with Crippen LogP contribution in [-0.2, 0) is 13.1 Å². The van der Waals surface area contributed by atoms with Crippen LogP contribution in [0.1, 0.15) is 31.6 Å². The van der Waals surface area contributed by atoms with E-state index in [4.69, 9.17) is 11.6 Å². The summed E-state index contributed by atoms with van der Waals surface area (Å²) in [6.07, 6.45) is 1.61. The number of carbonyl (C=O) groups is 1. The summed E-state index contributed by atoms with van der Waals surface area (Å²) < 4.78 is 1.59. The Bertz CT molecular complexity index is 853. The highest BCUT2D eigenvalue weighted by molar-refractivity contribution is 7.11. The monoisotopic (exact) mass is 361 g/mol. The Morgan fingerprint density at radius 1 is 1.33 bits per heavy atom. The van der Waals surface area contributed by atoms with Gasteiger partial charge in [0.05, 0.1) is 25.0 Å². The van der Waals surface area contributed by atoms with Gasteiger partial charge in [0, 0.05) is 9.90 Å². The van der Waals surface area contributed by atoms with Crippen molar-refractivity contribution in [3.63, 3.8) is 0 Å². The minimum Gasteiger partial charge on any atom is -0.344 e. The fourth-order valence-electron chi connectivity index (χ4n) is 2.14. The quantitative estimate of drug-likeness (QED) is 0.758. The van der Waals surface area contributed by atoms with Crippen molar-refractivity contribution >= 4 is 28.8 Å². The smallest absolute Gasteiger partial charge is 0.273 e. The van der Waals surface area contributed by atoms with E-state index in [1.807, 2.05) is 38.1 Å². The fourth-order valence-corrected chi connectivity index (χ4v) is 3.21. The summed E-state index contributed by atoms with van der Waals surface area (Å²) in [6, 6.07) is 7.51. The molecule has 2 heterocycles. The second-order valence-corrected chi connectivity index (χ2v) is 7.02. The molecular weight excluding hydrogens is 346 g/mol. The number of halogens is 1. The van der Waals surface area contributed by atoms with Crippen LogP contribution in [0.4, 0.5) is 0 Å². The number of hydrogen-bond donors (Lipinski definition) is 1. The Morgan fingerprint density at radius 3 is 2.83 bits per heavy atom. The van der Waals surface area contributed by atoms with Crippen LogP contribution in [0.15, 0.2) is 30.5 Å². The maximum absolute atomic E-state index is 12.2. The number of nitrogens with one attached hydrogen (secondary N) is 1. The number of thiazole rings is 1. The Labute approximate surface area is 148 Å². The molecule has 2 aromatic heterocycles. The summed E-state index contributed by atoms with van der Waals surface area (Å²) in [5, 5.41) is 12.2. The van der Waals surface area contributed by atoms with Crippen LogP contribution < -0.4 is 5.32 Å². The molecule has 0 atom stereocenters. The molecule has 0 bridgehead atoms. The largest absolute Gasteiger partial charge is 0.344 e. The molecule has 0 unspecified atom stereocenters. The summed E-state index contributed by atoms with van der Waals surface area (Å²) >= 11 is 7.71. The van der Waals surface area contributed by atoms with Gasteiger partial charge in [0.1, 0.15) is 5.01 Å². The Hall–Kier alpha value is -2.25. The van der Waals surface area contributed by atoms with Gasteiger partial charge in [0.15, 0.2) is 5.69 Å². The topological polar surface area (TPSA) is 72.7 Å². The summed E-state index contributed by atoms with van der Waals surface area (Å²) in [4.78, 5) is 17.7. The van der Waals surface area contributed by atoms with Gasteiger partial charge in [-0.15, -0.1) is 16.4 Å². The lowest BCUT2D eigenvalue weighted by Gasteiger charge is -2.02. The predicted molar refractivity (Wildman–Crippen MR) is 93.3 cm³/mol. The first-order chi connectivity index (χ1) is 11.5. The number of hydrogen-bond acceptors (Lipinski definition) is 5. The molecule has 0 aliphatic rings. The molecule has 0 saturated carbocycles. The van der Waals surface area contributed by atoms with Gasteiger partial charge < -0.3 is 5.32 Å². The zero-order valence-corrected chi connectivity index (χ0v) is 14.9. The molecule has 1 N–H and O–H groups in total. The second-order valence-electron chi connectivity index (χ2n) is 5.32. The van der Waals surface area contributed by atoms with Crippen molar-refractivity contribution < 1.29 is 4.79 Å². The average Bonchev–Trinajstić information content (AvgIpc) is 3.15. The minimum absolute atomic E-state index is 0.270. The first-order valence-corrected chi connectivity index (χ1v) is 8.57. The average molecular weight is 362 g/mol. The van der Waals surface area contributed by atoms with Crippen molar-refractivity contribution in [3.8, 4) is 0 Å². The van der Waals surface area contributed by atoms with E-state index in [0.717, 1.165) is 21.1 Å². The van der Waals surface area contributed by atoms with Crippen LogP contribution >= 0.6 is 22.9 Å². The molecule has 8 heteroatoms. The zero-order valence-electron chi connectivity index (χ0n) is 13.3. The normalized spacial score (nSPS) is 10.8. The van der Waals surface area contributed by atoms with Crippen LogP contribution in [0.2, 0.25) is 5.02 Å². The fraction of sp³-hybridized carbons (Fsp3) is 0.250. The number of carbonyl (C=O) groups excluding carboxylic acids is 1. The molecule has 1 amide bonds. The standard InChI is InChI=1S/C16H16ClN5OS/c1-10-11(2)24-15(19-10)7-18-16(23)14-9-22(21-20-14)8-12-5-3-4-6-13(12)17/h3-6,9H,7-8H2,1-2H3,(H,18,23). The van der Waals surface area contributed by atoms with Crippen LogP contribution in [0.5, 0.6) is 0 Å². The van der Waals surface area contributed by atoms with Crippen molar-refractivity contribution in [1.29, 1.82) is 0 Å². The molecule has 3 aromatic rings. The molecule has 0 aliphatic carbocycles. The third-order valence-electron chi connectivity index (χ3n) is 3.53. The van der Waals surface area contributed by atoms with Gasteiger partial charge in [-0.25, -0.2) is 9.67 Å². The van der Waals surface area contributed by atoms with Crippen molar-refractivity contribution in [1.82, 2.24) is 25.3 Å². The van der Waals surface area contributed by atoms with Crippen LogP contribution in [0.3, 0.4) is 0 Å². The summed E-state index contributed by atoms with van der Waals surface area (Å²) in [5.74, 6) is -0.272. The van der Waals surface area contributed by atoms with Gasteiger partial charge in [-0.3, -0.25) is 4.79 Å². The maximum atomic E-state index is 12.2. The molecule has 0 fully saturated rings. The third kappa shape index (κ3) is 3.80. The molecule has 0 saturated heterocycles. The maximum Gasteiger partial charge on any atom is 0.273 e. The molecule has 1 aromatic carbocycles. The van der Waals surface area contributed by atoms with Crippen LogP contribution in [0.25, 0.3) is 0 Å². The van der Waals surface area contributed by atoms with E-state index in [1.165, 1.54) is 0 Å². The number of nitrogens with zero attached hydrogens (tertiary/aromatic N) is 4. The Kier molecular flexibility index (Phi) is 4.92. The second kappa shape index (κ2) is 7.11. The summed E-state index contributed by atoms with van der Waals surface area (Å²) in [6.45, 7) is 4.82. The first-order valence-electron chi connectivity index (χ1n) is 7.37. The number of amides is 1. The number of aryl methyl sites for hydroxylation is 2. The third-order valence-corrected chi connectivity index (χ3v) is 4.98. The summed E-state index contributed by atoms with van der Waals surface area (Å²) in [7, 11) is 0. The van der Waals surface area contributed by atoms with Gasteiger partial charge in [-0.1, -0.05) is 35.0 Å². The van der Waals surface area contributed by atoms with Crippen LogP contribution in [0, 0.1) is 13.8 Å². The van der Waals surface area contributed by atoms with Crippen molar-refractivity contribution in [2.45, 2.75) is 26.9 Å². The molecule has 24 heavy (non-hydrogen) atoms. The van der Waals surface area contributed by atoms with Gasteiger partial charge in [0.2, 0.25) is 0 Å². The van der Waals surface area contributed by atoms with E-state index < -0.39 is 0 Å². The molecule has 3 rings (SSSR count). The molecule has 0 radical (unpaired) electrons. The van der Waals surface area contributed by atoms with E-state index in [-0.39, 0.29) is 11.6 Å². The van der Waals surface area contributed by atoms with Crippen molar-refractivity contribution in [2.75, 3.05) is 0 Å². The van der Waals surface area contributed by atoms with E-state index in [2.05, 4.69) is 20.6 Å². The zero-order chi connectivity index (χ0) is 17.1. The molecule has 6 nitrogen and oxygen atoms in total. The highest BCUT2D eigenvalue weighted by Crippen LogP contribution is 2.17. The summed E-state index contributed by atoms with van der Waals surface area (Å²) in [5.41, 5.74) is 2.19. The Balaban J connectivity index is 1.62. The lowest BCUT2D eigenvalue weighted by Crippen LogP contribution is -2.23. The number of rotatable bonds is 5. The van der Waals surface area contributed by atoms with Crippen molar-refractivity contribution in [3.05, 3.63) is 62.3 Å². The number of aromatic nitrogens is 4. The highest BCUT2D eigenvalue weighted by atomic mass is 35.5. The molecule has 124 valence electrons. The van der Waals surface area contributed by atoms with E-state index in [9.17, 15) is 4.79 Å².